The van der Waals surface area contributed by atoms with Gasteiger partial charge in [-0.15, -0.1) is 0 Å². The fourth-order valence-electron chi connectivity index (χ4n) is 3.31. The van der Waals surface area contributed by atoms with E-state index < -0.39 is 11.7 Å². The van der Waals surface area contributed by atoms with Crippen molar-refractivity contribution in [1.29, 1.82) is 0 Å². The van der Waals surface area contributed by atoms with Gasteiger partial charge in [-0.05, 0) is 48.4 Å². The maximum absolute atomic E-state index is 13.2. The summed E-state index contributed by atoms with van der Waals surface area (Å²) < 4.78 is 45.4. The van der Waals surface area contributed by atoms with E-state index in [-0.39, 0.29) is 0 Å². The number of halogens is 3. The zero-order valence-corrected chi connectivity index (χ0v) is 16.3. The van der Waals surface area contributed by atoms with Crippen LogP contribution in [0, 0.1) is 0 Å². The molecule has 1 aromatic heterocycles. The van der Waals surface area contributed by atoms with Gasteiger partial charge in [-0.3, -0.25) is 0 Å². The van der Waals surface area contributed by atoms with Gasteiger partial charge >= 0.3 is 6.18 Å². The number of para-hydroxylation sites is 1. The minimum absolute atomic E-state index is 0.357. The molecule has 0 bridgehead atoms. The van der Waals surface area contributed by atoms with Crippen molar-refractivity contribution in [1.82, 2.24) is 4.98 Å². The predicted molar refractivity (Wildman–Crippen MR) is 113 cm³/mol. The molecule has 0 fully saturated rings. The number of nitrogens with one attached hydrogen (secondary N) is 1. The van der Waals surface area contributed by atoms with Gasteiger partial charge in [0.05, 0.1) is 11.1 Å². The summed E-state index contributed by atoms with van der Waals surface area (Å²) >= 11 is 0. The number of aromatic nitrogens is 1. The van der Waals surface area contributed by atoms with E-state index in [1.807, 2.05) is 6.07 Å². The first-order valence-corrected chi connectivity index (χ1v) is 9.58. The number of nitrogens with two attached hydrogens (primary N) is 1. The molecule has 7 heteroatoms. The Labute approximate surface area is 171 Å². The lowest BCUT2D eigenvalue weighted by atomic mass is 10.0. The molecule has 0 saturated heterocycles. The van der Waals surface area contributed by atoms with E-state index in [9.17, 15) is 13.2 Å². The minimum Gasteiger partial charge on any atom is -0.436 e. The van der Waals surface area contributed by atoms with Gasteiger partial charge in [-0.25, -0.2) is 4.98 Å². The predicted octanol–water partition coefficient (Wildman–Crippen LogP) is 6.58. The highest BCUT2D eigenvalue weighted by molar-refractivity contribution is 5.93. The van der Waals surface area contributed by atoms with E-state index in [1.54, 1.807) is 36.4 Å². The fraction of sp³-hybridized carbons (Fsp3) is 0.174. The van der Waals surface area contributed by atoms with Crippen molar-refractivity contribution in [2.24, 2.45) is 0 Å². The van der Waals surface area contributed by atoms with Crippen LogP contribution in [0.25, 0.3) is 33.7 Å². The zero-order valence-electron chi connectivity index (χ0n) is 16.3. The Hall–Kier alpha value is -3.48. The molecule has 4 aromatic rings. The van der Waals surface area contributed by atoms with Crippen molar-refractivity contribution in [3.63, 3.8) is 0 Å². The maximum atomic E-state index is 13.2. The second kappa shape index (κ2) is 7.74. The summed E-state index contributed by atoms with van der Waals surface area (Å²) in [5.41, 5.74) is 9.33. The van der Waals surface area contributed by atoms with Gasteiger partial charge in [-0.1, -0.05) is 31.2 Å². The van der Waals surface area contributed by atoms with E-state index in [0.29, 0.717) is 39.4 Å². The fourth-order valence-corrected chi connectivity index (χ4v) is 3.31. The van der Waals surface area contributed by atoms with Gasteiger partial charge in [-0.2, -0.15) is 13.2 Å². The van der Waals surface area contributed by atoms with Crippen LogP contribution in [0.3, 0.4) is 0 Å². The minimum atomic E-state index is -4.42. The molecule has 3 aromatic carbocycles. The van der Waals surface area contributed by atoms with E-state index in [0.717, 1.165) is 30.8 Å². The van der Waals surface area contributed by atoms with Crippen LogP contribution in [0.15, 0.2) is 65.1 Å². The number of oxazole rings is 1. The van der Waals surface area contributed by atoms with Crippen LogP contribution in [0.5, 0.6) is 0 Å². The van der Waals surface area contributed by atoms with Crippen LogP contribution in [-0.2, 0) is 6.18 Å². The first kappa shape index (κ1) is 19.8. The topological polar surface area (TPSA) is 64.1 Å². The Morgan fingerprint density at radius 1 is 1.00 bits per heavy atom. The molecular formula is C23H20F3N3O. The second-order valence-electron chi connectivity index (χ2n) is 6.98. The van der Waals surface area contributed by atoms with E-state index >= 15 is 0 Å². The summed E-state index contributed by atoms with van der Waals surface area (Å²) in [6.07, 6.45) is -3.47. The molecule has 0 aliphatic rings. The molecule has 0 spiro atoms. The Bertz CT molecular complexity index is 1200. The average Bonchev–Trinajstić information content (AvgIpc) is 3.16. The summed E-state index contributed by atoms with van der Waals surface area (Å²) in [7, 11) is 0. The largest absolute Gasteiger partial charge is 0.436 e. The molecule has 0 atom stereocenters. The lowest BCUT2D eigenvalue weighted by molar-refractivity contribution is -0.137. The molecular weight excluding hydrogens is 391 g/mol. The first-order valence-electron chi connectivity index (χ1n) is 9.58. The number of rotatable bonds is 5. The van der Waals surface area contributed by atoms with Crippen LogP contribution >= 0.6 is 0 Å². The molecule has 3 N–H and O–H groups in total. The molecule has 0 aliphatic carbocycles. The van der Waals surface area contributed by atoms with Gasteiger partial charge in [0.1, 0.15) is 5.52 Å². The molecule has 4 nitrogen and oxygen atoms in total. The summed E-state index contributed by atoms with van der Waals surface area (Å²) in [6, 6.07) is 15.8. The quantitative estimate of drug-likeness (QED) is 0.364. The molecule has 0 saturated carbocycles. The number of nitrogen functional groups attached to an aromatic ring is 1. The summed E-state index contributed by atoms with van der Waals surface area (Å²) in [5.74, 6) is 0.357. The highest BCUT2D eigenvalue weighted by atomic mass is 19.4. The van der Waals surface area contributed by atoms with Crippen molar-refractivity contribution >= 4 is 22.5 Å². The van der Waals surface area contributed by atoms with Gasteiger partial charge in [0.2, 0.25) is 5.89 Å². The Morgan fingerprint density at radius 2 is 1.80 bits per heavy atom. The third-order valence-corrected chi connectivity index (χ3v) is 4.76. The third kappa shape index (κ3) is 3.83. The van der Waals surface area contributed by atoms with Gasteiger partial charge in [0, 0.05) is 23.5 Å². The third-order valence-electron chi connectivity index (χ3n) is 4.76. The Kier molecular flexibility index (Phi) is 5.11. The van der Waals surface area contributed by atoms with Crippen LogP contribution in [0.2, 0.25) is 0 Å². The van der Waals surface area contributed by atoms with Gasteiger partial charge < -0.3 is 15.5 Å². The number of nitrogens with zero attached hydrogens (tertiary/aromatic N) is 1. The lowest BCUT2D eigenvalue weighted by Gasteiger charge is -2.09. The van der Waals surface area contributed by atoms with Crippen molar-refractivity contribution < 1.29 is 17.6 Å². The van der Waals surface area contributed by atoms with Gasteiger partial charge in [0.15, 0.2) is 5.58 Å². The number of hydrogen-bond donors (Lipinski definition) is 2. The van der Waals surface area contributed by atoms with Crippen molar-refractivity contribution in [3.05, 3.63) is 66.2 Å². The summed E-state index contributed by atoms with van der Waals surface area (Å²) in [5, 5.41) is 3.32. The summed E-state index contributed by atoms with van der Waals surface area (Å²) in [4.78, 5) is 4.62. The lowest BCUT2D eigenvalue weighted by Crippen LogP contribution is -2.04. The number of benzene rings is 3. The first-order chi connectivity index (χ1) is 14.4. The monoisotopic (exact) mass is 411 g/mol. The van der Waals surface area contributed by atoms with Crippen LogP contribution in [0.4, 0.5) is 24.5 Å². The number of anilines is 2. The molecule has 0 amide bonds. The summed E-state index contributed by atoms with van der Waals surface area (Å²) in [6.45, 7) is 2.83. The zero-order chi connectivity index (χ0) is 21.3. The van der Waals surface area contributed by atoms with Crippen molar-refractivity contribution in [3.8, 4) is 22.6 Å². The Balaban J connectivity index is 1.84. The molecule has 0 radical (unpaired) electrons. The highest BCUT2D eigenvalue weighted by Gasteiger charge is 2.30. The number of alkyl halides is 3. The molecule has 0 aliphatic heterocycles. The van der Waals surface area contributed by atoms with E-state index in [2.05, 4.69) is 17.2 Å². The molecule has 154 valence electrons. The van der Waals surface area contributed by atoms with Crippen molar-refractivity contribution in [2.45, 2.75) is 19.5 Å². The molecule has 30 heavy (non-hydrogen) atoms. The molecule has 1 heterocycles. The Morgan fingerprint density at radius 3 is 2.57 bits per heavy atom. The molecule has 0 unspecified atom stereocenters. The SMILES string of the molecule is CCCNc1ccc(N)cc1-c1nc2c(-c3cccc(C(F)(F)F)c3)cccc2o1. The average molecular weight is 411 g/mol. The van der Waals surface area contributed by atoms with Crippen LogP contribution in [0.1, 0.15) is 18.9 Å². The normalized spacial score (nSPS) is 11.7. The molecule has 4 rings (SSSR count). The van der Waals surface area contributed by atoms with Crippen LogP contribution in [-0.4, -0.2) is 11.5 Å². The van der Waals surface area contributed by atoms with E-state index in [4.69, 9.17) is 10.2 Å². The second-order valence-corrected chi connectivity index (χ2v) is 6.98. The highest BCUT2D eigenvalue weighted by Crippen LogP contribution is 2.37. The smallest absolute Gasteiger partial charge is 0.416 e. The van der Waals surface area contributed by atoms with Crippen LogP contribution < -0.4 is 11.1 Å². The standard InChI is InChI=1S/C23H20F3N3O/c1-2-11-28-19-10-9-16(27)13-18(19)22-29-21-17(7-4-8-20(21)30-22)14-5-3-6-15(12-14)23(24,25)26/h3-10,12-13,28H,2,11,27H2,1H3. The number of hydrogen-bond acceptors (Lipinski definition) is 4. The maximum Gasteiger partial charge on any atom is 0.416 e. The van der Waals surface area contributed by atoms with Gasteiger partial charge in [0.25, 0.3) is 0 Å². The van der Waals surface area contributed by atoms with Crippen molar-refractivity contribution in [2.75, 3.05) is 17.6 Å². The van der Waals surface area contributed by atoms with E-state index in [1.165, 1.54) is 6.07 Å². The number of fused-ring (bicyclic) bond motifs is 1.